The first-order valence-electron chi connectivity index (χ1n) is 5.67. The molecular weight excluding hydrogens is 333 g/mol. The molecule has 5 heteroatoms. The van der Waals surface area contributed by atoms with E-state index in [1.54, 1.807) is 24.3 Å². The van der Waals surface area contributed by atoms with Crippen molar-refractivity contribution < 1.29 is 9.50 Å². The minimum absolute atomic E-state index is 0.0218. The van der Waals surface area contributed by atoms with Gasteiger partial charge in [-0.1, -0.05) is 27.5 Å². The van der Waals surface area contributed by atoms with Crippen molar-refractivity contribution in [1.29, 1.82) is 0 Å². The van der Waals surface area contributed by atoms with E-state index >= 15 is 0 Å². The average Bonchev–Trinajstić information content (AvgIpc) is 2.36. The van der Waals surface area contributed by atoms with E-state index in [2.05, 4.69) is 21.2 Å². The van der Waals surface area contributed by atoms with Crippen LogP contribution in [-0.4, -0.2) is 5.11 Å². The fourth-order valence-electron chi connectivity index (χ4n) is 1.77. The Morgan fingerprint density at radius 2 is 2.00 bits per heavy atom. The molecular formula is C14H12BrClFNO. The van der Waals surface area contributed by atoms with Crippen LogP contribution in [0.15, 0.2) is 40.9 Å². The number of nitrogens with one attached hydrogen (secondary N) is 1. The molecule has 0 aliphatic rings. The maximum absolute atomic E-state index is 13.7. The first kappa shape index (κ1) is 14.2. The highest BCUT2D eigenvalue weighted by molar-refractivity contribution is 9.10. The van der Waals surface area contributed by atoms with Gasteiger partial charge in [0.25, 0.3) is 0 Å². The van der Waals surface area contributed by atoms with Crippen LogP contribution < -0.4 is 5.32 Å². The first-order chi connectivity index (χ1) is 8.97. The van der Waals surface area contributed by atoms with Crippen LogP contribution in [0.1, 0.15) is 18.5 Å². The molecule has 0 fully saturated rings. The minimum atomic E-state index is -0.270. The molecule has 19 heavy (non-hydrogen) atoms. The molecule has 2 aromatic rings. The Labute approximate surface area is 124 Å². The Bertz CT molecular complexity index is 606. The number of halogens is 3. The Kier molecular flexibility index (Phi) is 4.32. The van der Waals surface area contributed by atoms with Gasteiger partial charge in [-0.05, 0) is 43.3 Å². The van der Waals surface area contributed by atoms with Crippen molar-refractivity contribution in [3.63, 3.8) is 0 Å². The molecule has 2 aromatic carbocycles. The van der Waals surface area contributed by atoms with Crippen LogP contribution in [0, 0.1) is 5.82 Å². The summed E-state index contributed by atoms with van der Waals surface area (Å²) in [5.41, 5.74) is 1.27. The summed E-state index contributed by atoms with van der Waals surface area (Å²) in [5, 5.41) is 12.7. The topological polar surface area (TPSA) is 32.3 Å². The van der Waals surface area contributed by atoms with Crippen molar-refractivity contribution in [3.8, 4) is 5.75 Å². The van der Waals surface area contributed by atoms with E-state index in [1.165, 1.54) is 12.1 Å². The first-order valence-corrected chi connectivity index (χ1v) is 6.84. The molecule has 0 amide bonds. The van der Waals surface area contributed by atoms with Crippen LogP contribution in [0.3, 0.4) is 0 Å². The number of rotatable bonds is 3. The largest absolute Gasteiger partial charge is 0.506 e. The third-order valence-electron chi connectivity index (χ3n) is 2.76. The fraction of sp³-hybridized carbons (Fsp3) is 0.143. The van der Waals surface area contributed by atoms with Gasteiger partial charge < -0.3 is 10.4 Å². The Morgan fingerprint density at radius 3 is 2.68 bits per heavy atom. The van der Waals surface area contributed by atoms with Crippen LogP contribution in [0.2, 0.25) is 5.02 Å². The molecule has 0 aliphatic carbocycles. The van der Waals surface area contributed by atoms with Gasteiger partial charge in [-0.25, -0.2) is 4.39 Å². The van der Waals surface area contributed by atoms with Crippen LogP contribution >= 0.6 is 27.5 Å². The number of hydrogen-bond donors (Lipinski definition) is 2. The van der Waals surface area contributed by atoms with Gasteiger partial charge in [0, 0.05) is 15.7 Å². The predicted molar refractivity (Wildman–Crippen MR) is 79.3 cm³/mol. The number of phenolic OH excluding ortho intramolecular Hbond substituents is 1. The quantitative estimate of drug-likeness (QED) is 0.757. The second-order valence-electron chi connectivity index (χ2n) is 4.20. The van der Waals surface area contributed by atoms with Crippen molar-refractivity contribution in [2.75, 3.05) is 5.32 Å². The molecule has 0 aromatic heterocycles. The highest BCUT2D eigenvalue weighted by Gasteiger charge is 2.12. The van der Waals surface area contributed by atoms with Gasteiger partial charge in [-0.2, -0.15) is 0 Å². The monoisotopic (exact) mass is 343 g/mol. The summed E-state index contributed by atoms with van der Waals surface area (Å²) in [6.45, 7) is 1.85. The molecule has 0 saturated heterocycles. The van der Waals surface area contributed by atoms with Crippen LogP contribution in [0.5, 0.6) is 5.75 Å². The van der Waals surface area contributed by atoms with Crippen LogP contribution in [0.4, 0.5) is 10.1 Å². The molecule has 1 unspecified atom stereocenters. The molecule has 100 valence electrons. The van der Waals surface area contributed by atoms with Gasteiger partial charge in [0.2, 0.25) is 0 Å². The molecule has 0 bridgehead atoms. The zero-order chi connectivity index (χ0) is 14.0. The summed E-state index contributed by atoms with van der Waals surface area (Å²) in [5.74, 6) is -0.249. The van der Waals surface area contributed by atoms with E-state index in [9.17, 15) is 9.50 Å². The van der Waals surface area contributed by atoms with E-state index in [1.807, 2.05) is 6.92 Å². The molecule has 1 atom stereocenters. The second-order valence-corrected chi connectivity index (χ2v) is 5.52. The molecule has 2 nitrogen and oxygen atoms in total. The smallest absolute Gasteiger partial charge is 0.134 e. The average molecular weight is 345 g/mol. The SMILES string of the molecule is CC(Nc1ccc(O)c(Cl)c1)c1cc(Br)ccc1F. The van der Waals surface area contributed by atoms with Gasteiger partial charge in [-0.3, -0.25) is 0 Å². The molecule has 0 heterocycles. The summed E-state index contributed by atoms with van der Waals surface area (Å²) in [6, 6.07) is 9.36. The second kappa shape index (κ2) is 5.80. The Morgan fingerprint density at radius 1 is 1.26 bits per heavy atom. The number of phenols is 1. The van der Waals surface area contributed by atoms with Crippen molar-refractivity contribution in [1.82, 2.24) is 0 Å². The third kappa shape index (κ3) is 3.39. The van der Waals surface area contributed by atoms with Crippen LogP contribution in [0.25, 0.3) is 0 Å². The minimum Gasteiger partial charge on any atom is -0.506 e. The van der Waals surface area contributed by atoms with Gasteiger partial charge in [0.15, 0.2) is 0 Å². The Balaban J connectivity index is 2.22. The lowest BCUT2D eigenvalue weighted by Gasteiger charge is -2.17. The number of aromatic hydroxyl groups is 1. The van der Waals surface area contributed by atoms with Crippen molar-refractivity contribution in [2.24, 2.45) is 0 Å². The maximum atomic E-state index is 13.7. The van der Waals surface area contributed by atoms with E-state index in [0.29, 0.717) is 5.56 Å². The molecule has 0 spiro atoms. The normalized spacial score (nSPS) is 12.2. The lowest BCUT2D eigenvalue weighted by atomic mass is 10.1. The van der Waals surface area contributed by atoms with Gasteiger partial charge in [-0.15, -0.1) is 0 Å². The highest BCUT2D eigenvalue weighted by atomic mass is 79.9. The van der Waals surface area contributed by atoms with Gasteiger partial charge >= 0.3 is 0 Å². The molecule has 2 N–H and O–H groups in total. The van der Waals surface area contributed by atoms with Gasteiger partial charge in [0.05, 0.1) is 11.1 Å². The number of anilines is 1. The number of benzene rings is 2. The summed E-state index contributed by atoms with van der Waals surface area (Å²) in [6.07, 6.45) is 0. The molecule has 2 rings (SSSR count). The van der Waals surface area contributed by atoms with Gasteiger partial charge in [0.1, 0.15) is 11.6 Å². The van der Waals surface area contributed by atoms with Crippen molar-refractivity contribution >= 4 is 33.2 Å². The van der Waals surface area contributed by atoms with Crippen LogP contribution in [-0.2, 0) is 0 Å². The van der Waals surface area contributed by atoms with E-state index < -0.39 is 0 Å². The summed E-state index contributed by atoms with van der Waals surface area (Å²) >= 11 is 9.15. The zero-order valence-electron chi connectivity index (χ0n) is 10.1. The summed E-state index contributed by atoms with van der Waals surface area (Å²) < 4.78 is 14.6. The lowest BCUT2D eigenvalue weighted by molar-refractivity contribution is 0.475. The van der Waals surface area contributed by atoms with Crippen molar-refractivity contribution in [3.05, 3.63) is 57.3 Å². The summed E-state index contributed by atoms with van der Waals surface area (Å²) in [7, 11) is 0. The van der Waals surface area contributed by atoms with Crippen molar-refractivity contribution in [2.45, 2.75) is 13.0 Å². The van der Waals surface area contributed by atoms with E-state index in [0.717, 1.165) is 10.2 Å². The molecule has 0 aliphatic heterocycles. The number of hydrogen-bond acceptors (Lipinski definition) is 2. The standard InChI is InChI=1S/C14H12BrClFNO/c1-8(11-6-9(15)2-4-13(11)17)18-10-3-5-14(19)12(16)7-10/h2-8,18-19H,1H3. The Hall–Kier alpha value is -1.26. The van der Waals surface area contributed by atoms with E-state index in [4.69, 9.17) is 11.6 Å². The lowest BCUT2D eigenvalue weighted by Crippen LogP contribution is -2.08. The maximum Gasteiger partial charge on any atom is 0.134 e. The molecule has 0 radical (unpaired) electrons. The third-order valence-corrected chi connectivity index (χ3v) is 3.55. The molecule has 0 saturated carbocycles. The van der Waals surface area contributed by atoms with E-state index in [-0.39, 0.29) is 22.6 Å². The zero-order valence-corrected chi connectivity index (χ0v) is 12.5. The predicted octanol–water partition coefficient (Wildman–Crippen LogP) is 5.12. The summed E-state index contributed by atoms with van der Waals surface area (Å²) in [4.78, 5) is 0. The highest BCUT2D eigenvalue weighted by Crippen LogP contribution is 2.29. The fourth-order valence-corrected chi connectivity index (χ4v) is 2.33.